The molecule has 3 rings (SSSR count). The molecule has 1 aliphatic heterocycles. The van der Waals surface area contributed by atoms with Gasteiger partial charge >= 0.3 is 0 Å². The van der Waals surface area contributed by atoms with Crippen LogP contribution in [0.2, 0.25) is 5.02 Å². The SMILES string of the molecule is COc1ccc([C@@H](C)NC(=O)COc2ccc(S(=O)(=O)N3CCCCC3)cc2Cl)cc1. The van der Waals surface area contributed by atoms with Crippen molar-refractivity contribution in [2.24, 2.45) is 0 Å². The molecule has 2 aromatic rings. The average Bonchev–Trinajstić information content (AvgIpc) is 2.78. The van der Waals surface area contributed by atoms with Crippen molar-refractivity contribution in [1.82, 2.24) is 9.62 Å². The van der Waals surface area contributed by atoms with E-state index >= 15 is 0 Å². The zero-order valence-corrected chi connectivity index (χ0v) is 19.2. The molecule has 2 aromatic carbocycles. The highest BCUT2D eigenvalue weighted by Gasteiger charge is 2.26. The molecule has 1 fully saturated rings. The number of halogens is 1. The predicted molar refractivity (Wildman–Crippen MR) is 119 cm³/mol. The molecule has 0 unspecified atom stereocenters. The molecule has 0 spiro atoms. The number of nitrogens with one attached hydrogen (secondary N) is 1. The van der Waals surface area contributed by atoms with Crippen LogP contribution < -0.4 is 14.8 Å². The lowest BCUT2D eigenvalue weighted by Crippen LogP contribution is -2.35. The van der Waals surface area contributed by atoms with Crippen LogP contribution in [0.4, 0.5) is 0 Å². The number of rotatable bonds is 8. The minimum Gasteiger partial charge on any atom is -0.497 e. The number of piperidine rings is 1. The molecule has 9 heteroatoms. The fraction of sp³-hybridized carbons (Fsp3) is 0.409. The molecule has 0 aliphatic carbocycles. The largest absolute Gasteiger partial charge is 0.497 e. The number of methoxy groups -OCH3 is 1. The third-order valence-corrected chi connectivity index (χ3v) is 7.40. The first-order valence-corrected chi connectivity index (χ1v) is 12.0. The van der Waals surface area contributed by atoms with Gasteiger partial charge in [0, 0.05) is 13.1 Å². The van der Waals surface area contributed by atoms with Crippen molar-refractivity contribution in [2.75, 3.05) is 26.8 Å². The molecule has 0 saturated carbocycles. The van der Waals surface area contributed by atoms with E-state index in [-0.39, 0.29) is 34.2 Å². The topological polar surface area (TPSA) is 84.9 Å². The molecule has 1 atom stereocenters. The summed E-state index contributed by atoms with van der Waals surface area (Å²) in [5.41, 5.74) is 0.930. The average molecular weight is 467 g/mol. The van der Waals surface area contributed by atoms with Gasteiger partial charge in [0.1, 0.15) is 11.5 Å². The van der Waals surface area contributed by atoms with Crippen molar-refractivity contribution in [3.05, 3.63) is 53.1 Å². The molecule has 168 valence electrons. The fourth-order valence-electron chi connectivity index (χ4n) is 3.42. The summed E-state index contributed by atoms with van der Waals surface area (Å²) < 4.78 is 37.7. The van der Waals surface area contributed by atoms with Gasteiger partial charge in [-0.15, -0.1) is 0 Å². The Hall–Kier alpha value is -2.29. The number of nitrogens with zero attached hydrogens (tertiary/aromatic N) is 1. The van der Waals surface area contributed by atoms with E-state index in [0.717, 1.165) is 30.6 Å². The molecular weight excluding hydrogens is 440 g/mol. The third-order valence-electron chi connectivity index (χ3n) is 5.21. The van der Waals surface area contributed by atoms with Crippen LogP contribution >= 0.6 is 11.6 Å². The lowest BCUT2D eigenvalue weighted by Gasteiger charge is -2.26. The van der Waals surface area contributed by atoms with E-state index in [1.807, 2.05) is 31.2 Å². The number of hydrogen-bond acceptors (Lipinski definition) is 5. The summed E-state index contributed by atoms with van der Waals surface area (Å²) in [6.07, 6.45) is 2.76. The highest BCUT2D eigenvalue weighted by Crippen LogP contribution is 2.29. The highest BCUT2D eigenvalue weighted by atomic mass is 35.5. The van der Waals surface area contributed by atoms with Gasteiger partial charge in [-0.3, -0.25) is 4.79 Å². The second-order valence-electron chi connectivity index (χ2n) is 7.41. The highest BCUT2D eigenvalue weighted by molar-refractivity contribution is 7.89. The minimum absolute atomic E-state index is 0.129. The number of carbonyl (C=O) groups excluding carboxylic acids is 1. The molecule has 0 bridgehead atoms. The van der Waals surface area contributed by atoms with Gasteiger partial charge < -0.3 is 14.8 Å². The van der Waals surface area contributed by atoms with Crippen molar-refractivity contribution in [2.45, 2.75) is 37.1 Å². The monoisotopic (exact) mass is 466 g/mol. The second kappa shape index (κ2) is 10.3. The molecule has 1 saturated heterocycles. The van der Waals surface area contributed by atoms with E-state index in [9.17, 15) is 13.2 Å². The van der Waals surface area contributed by atoms with E-state index in [0.29, 0.717) is 13.1 Å². The maximum absolute atomic E-state index is 12.8. The zero-order chi connectivity index (χ0) is 22.4. The first kappa shape index (κ1) is 23.4. The summed E-state index contributed by atoms with van der Waals surface area (Å²) in [4.78, 5) is 12.4. The fourth-order valence-corrected chi connectivity index (χ4v) is 5.26. The Morgan fingerprint density at radius 1 is 1.13 bits per heavy atom. The second-order valence-corrected chi connectivity index (χ2v) is 9.75. The van der Waals surface area contributed by atoms with Crippen molar-refractivity contribution in [3.8, 4) is 11.5 Å². The molecule has 1 amide bonds. The minimum atomic E-state index is -3.58. The Morgan fingerprint density at radius 3 is 2.42 bits per heavy atom. The van der Waals surface area contributed by atoms with Crippen molar-refractivity contribution < 1.29 is 22.7 Å². The number of sulfonamides is 1. The molecular formula is C22H27ClN2O5S. The van der Waals surface area contributed by atoms with Gasteiger partial charge in [-0.2, -0.15) is 4.31 Å². The zero-order valence-electron chi connectivity index (χ0n) is 17.6. The van der Waals surface area contributed by atoms with Gasteiger partial charge in [-0.25, -0.2) is 8.42 Å². The lowest BCUT2D eigenvalue weighted by molar-refractivity contribution is -0.123. The summed E-state index contributed by atoms with van der Waals surface area (Å²) in [5.74, 6) is 0.682. The standard InChI is InChI=1S/C22H27ClN2O5S/c1-16(17-6-8-18(29-2)9-7-17)24-22(26)15-30-21-11-10-19(14-20(21)23)31(27,28)25-12-4-3-5-13-25/h6-11,14,16H,3-5,12-13,15H2,1-2H3,(H,24,26)/t16-/m1/s1. The predicted octanol–water partition coefficient (Wildman–Crippen LogP) is 3.78. The van der Waals surface area contributed by atoms with Gasteiger partial charge in [0.05, 0.1) is 23.1 Å². The normalized spacial score (nSPS) is 15.8. The Kier molecular flexibility index (Phi) is 7.80. The molecule has 1 aliphatic rings. The number of hydrogen-bond donors (Lipinski definition) is 1. The van der Waals surface area contributed by atoms with Crippen LogP contribution in [-0.4, -0.2) is 45.4 Å². The molecule has 1 N–H and O–H groups in total. The summed E-state index contributed by atoms with van der Waals surface area (Å²) in [6, 6.07) is 11.5. The Balaban J connectivity index is 1.58. The smallest absolute Gasteiger partial charge is 0.258 e. The first-order valence-electron chi connectivity index (χ1n) is 10.2. The maximum Gasteiger partial charge on any atom is 0.258 e. The quantitative estimate of drug-likeness (QED) is 0.640. The first-order chi connectivity index (χ1) is 14.8. The number of benzene rings is 2. The van der Waals surface area contributed by atoms with E-state index in [2.05, 4.69) is 5.32 Å². The van der Waals surface area contributed by atoms with E-state index in [1.54, 1.807) is 7.11 Å². The van der Waals surface area contributed by atoms with Gasteiger partial charge in [0.15, 0.2) is 6.61 Å². The number of carbonyl (C=O) groups is 1. The van der Waals surface area contributed by atoms with E-state index in [4.69, 9.17) is 21.1 Å². The van der Waals surface area contributed by atoms with Crippen LogP contribution in [-0.2, 0) is 14.8 Å². The molecule has 1 heterocycles. The summed E-state index contributed by atoms with van der Waals surface area (Å²) in [6.45, 7) is 2.67. The van der Waals surface area contributed by atoms with E-state index in [1.165, 1.54) is 22.5 Å². The van der Waals surface area contributed by atoms with Crippen LogP contribution in [0.1, 0.15) is 37.8 Å². The number of amides is 1. The van der Waals surface area contributed by atoms with Crippen molar-refractivity contribution >= 4 is 27.5 Å². The summed E-state index contributed by atoms with van der Waals surface area (Å²) >= 11 is 6.24. The third kappa shape index (κ3) is 5.90. The maximum atomic E-state index is 12.8. The molecule has 7 nitrogen and oxygen atoms in total. The molecule has 31 heavy (non-hydrogen) atoms. The van der Waals surface area contributed by atoms with E-state index < -0.39 is 10.0 Å². The Morgan fingerprint density at radius 2 is 1.81 bits per heavy atom. The van der Waals surface area contributed by atoms with Crippen LogP contribution in [0.3, 0.4) is 0 Å². The van der Waals surface area contributed by atoms with Gasteiger partial charge in [0.25, 0.3) is 5.91 Å². The Bertz CT molecular complexity index is 1010. The van der Waals surface area contributed by atoms with Gasteiger partial charge in [0.2, 0.25) is 10.0 Å². The number of ether oxygens (including phenoxy) is 2. The lowest BCUT2D eigenvalue weighted by atomic mass is 10.1. The van der Waals surface area contributed by atoms with Gasteiger partial charge in [-0.05, 0) is 55.7 Å². The van der Waals surface area contributed by atoms with Crippen LogP contribution in [0, 0.1) is 0 Å². The van der Waals surface area contributed by atoms with Crippen LogP contribution in [0.25, 0.3) is 0 Å². The molecule has 0 radical (unpaired) electrons. The van der Waals surface area contributed by atoms with Crippen molar-refractivity contribution in [3.63, 3.8) is 0 Å². The van der Waals surface area contributed by atoms with Crippen LogP contribution in [0.15, 0.2) is 47.4 Å². The summed E-state index contributed by atoms with van der Waals surface area (Å²) in [7, 11) is -1.98. The summed E-state index contributed by atoms with van der Waals surface area (Å²) in [5, 5.41) is 3.00. The Labute approximate surface area is 188 Å². The van der Waals surface area contributed by atoms with Crippen molar-refractivity contribution in [1.29, 1.82) is 0 Å². The van der Waals surface area contributed by atoms with Crippen LogP contribution in [0.5, 0.6) is 11.5 Å². The van der Waals surface area contributed by atoms with Gasteiger partial charge in [-0.1, -0.05) is 30.2 Å². The molecule has 0 aromatic heterocycles.